The van der Waals surface area contributed by atoms with E-state index in [9.17, 15) is 9.59 Å². The van der Waals surface area contributed by atoms with Gasteiger partial charge in [-0.05, 0) is 13.3 Å². The van der Waals surface area contributed by atoms with Crippen LogP contribution in [0.25, 0.3) is 0 Å². The molecule has 0 fully saturated rings. The Morgan fingerprint density at radius 1 is 1.23 bits per heavy atom. The highest BCUT2D eigenvalue weighted by Crippen LogP contribution is 2.25. The standard InChI is InChI=1S/C10H19NO2/c1-6-8(12)10(3,7-2)9(13)11(4)5/h6-7H2,1-5H3. The van der Waals surface area contributed by atoms with Crippen LogP contribution in [-0.2, 0) is 9.59 Å². The molecule has 0 bridgehead atoms. The molecule has 0 aromatic heterocycles. The van der Waals surface area contributed by atoms with Gasteiger partial charge in [0.15, 0.2) is 0 Å². The number of hydrogen-bond donors (Lipinski definition) is 0. The molecule has 0 spiro atoms. The van der Waals surface area contributed by atoms with Crippen molar-refractivity contribution in [3.63, 3.8) is 0 Å². The number of carbonyl (C=O) groups excluding carboxylic acids is 2. The normalized spacial score (nSPS) is 14.8. The quantitative estimate of drug-likeness (QED) is 0.622. The van der Waals surface area contributed by atoms with Gasteiger partial charge in [-0.2, -0.15) is 0 Å². The molecule has 0 heterocycles. The molecule has 0 aliphatic heterocycles. The van der Waals surface area contributed by atoms with E-state index in [0.29, 0.717) is 12.8 Å². The van der Waals surface area contributed by atoms with Gasteiger partial charge in [0.2, 0.25) is 5.91 Å². The largest absolute Gasteiger partial charge is 0.348 e. The summed E-state index contributed by atoms with van der Waals surface area (Å²) in [5.74, 6) is -0.0736. The van der Waals surface area contributed by atoms with Crippen LogP contribution in [0.3, 0.4) is 0 Å². The topological polar surface area (TPSA) is 37.4 Å². The van der Waals surface area contributed by atoms with E-state index >= 15 is 0 Å². The van der Waals surface area contributed by atoms with Crippen LogP contribution in [0.2, 0.25) is 0 Å². The van der Waals surface area contributed by atoms with Crippen molar-refractivity contribution in [2.75, 3.05) is 14.1 Å². The molecule has 0 N–H and O–H groups in total. The van der Waals surface area contributed by atoms with E-state index in [0.717, 1.165) is 0 Å². The fraction of sp³-hybridized carbons (Fsp3) is 0.800. The van der Waals surface area contributed by atoms with Gasteiger partial charge in [-0.25, -0.2) is 0 Å². The number of carbonyl (C=O) groups is 2. The molecule has 0 saturated heterocycles. The maximum Gasteiger partial charge on any atom is 0.235 e. The summed E-state index contributed by atoms with van der Waals surface area (Å²) in [6, 6.07) is 0. The van der Waals surface area contributed by atoms with E-state index in [2.05, 4.69) is 0 Å². The van der Waals surface area contributed by atoms with Crippen LogP contribution in [-0.4, -0.2) is 30.7 Å². The lowest BCUT2D eigenvalue weighted by atomic mass is 9.80. The van der Waals surface area contributed by atoms with E-state index in [1.54, 1.807) is 27.9 Å². The molecule has 0 radical (unpaired) electrons. The van der Waals surface area contributed by atoms with Crippen molar-refractivity contribution < 1.29 is 9.59 Å². The third kappa shape index (κ3) is 2.29. The third-order valence-electron chi connectivity index (χ3n) is 2.52. The second-order valence-corrected chi connectivity index (χ2v) is 3.66. The zero-order valence-electron chi connectivity index (χ0n) is 9.18. The Morgan fingerprint density at radius 3 is 1.92 bits per heavy atom. The number of Topliss-reactive ketones (excluding diaryl/α,β-unsaturated/α-hetero) is 1. The first-order chi connectivity index (χ1) is 5.90. The molecule has 0 aliphatic rings. The molecule has 0 saturated carbocycles. The summed E-state index contributed by atoms with van der Waals surface area (Å²) in [7, 11) is 3.36. The monoisotopic (exact) mass is 185 g/mol. The Hall–Kier alpha value is -0.860. The lowest BCUT2D eigenvalue weighted by molar-refractivity contribution is -0.146. The predicted molar refractivity (Wildman–Crippen MR) is 52.4 cm³/mol. The van der Waals surface area contributed by atoms with Crippen LogP contribution < -0.4 is 0 Å². The fourth-order valence-corrected chi connectivity index (χ4v) is 1.35. The number of amides is 1. The second-order valence-electron chi connectivity index (χ2n) is 3.66. The highest BCUT2D eigenvalue weighted by molar-refractivity contribution is 6.05. The predicted octanol–water partition coefficient (Wildman–Crippen LogP) is 1.47. The number of rotatable bonds is 4. The van der Waals surface area contributed by atoms with E-state index in [-0.39, 0.29) is 11.7 Å². The van der Waals surface area contributed by atoms with Gasteiger partial charge in [-0.3, -0.25) is 9.59 Å². The van der Waals surface area contributed by atoms with Gasteiger partial charge in [0, 0.05) is 20.5 Å². The lowest BCUT2D eigenvalue weighted by Crippen LogP contribution is -2.43. The molecule has 1 unspecified atom stereocenters. The van der Waals surface area contributed by atoms with Crippen molar-refractivity contribution in [2.45, 2.75) is 33.6 Å². The first-order valence-corrected chi connectivity index (χ1v) is 4.65. The zero-order valence-corrected chi connectivity index (χ0v) is 9.18. The first kappa shape index (κ1) is 12.1. The minimum absolute atomic E-state index is 0.0219. The maximum atomic E-state index is 11.7. The lowest BCUT2D eigenvalue weighted by Gasteiger charge is -2.28. The highest BCUT2D eigenvalue weighted by atomic mass is 16.2. The Labute approximate surface area is 80.1 Å². The first-order valence-electron chi connectivity index (χ1n) is 4.65. The molecule has 1 atom stereocenters. The molecule has 0 aromatic rings. The molecular weight excluding hydrogens is 166 g/mol. The average Bonchev–Trinajstić information content (AvgIpc) is 2.13. The third-order valence-corrected chi connectivity index (χ3v) is 2.52. The molecule has 3 nitrogen and oxygen atoms in total. The Bertz CT molecular complexity index is 211. The van der Waals surface area contributed by atoms with Crippen molar-refractivity contribution in [3.05, 3.63) is 0 Å². The zero-order chi connectivity index (χ0) is 10.6. The number of ketones is 1. The van der Waals surface area contributed by atoms with Gasteiger partial charge in [0.05, 0.1) is 0 Å². The van der Waals surface area contributed by atoms with Gasteiger partial charge in [-0.15, -0.1) is 0 Å². The minimum Gasteiger partial charge on any atom is -0.348 e. The van der Waals surface area contributed by atoms with Crippen molar-refractivity contribution in [1.29, 1.82) is 0 Å². The highest BCUT2D eigenvalue weighted by Gasteiger charge is 2.38. The van der Waals surface area contributed by atoms with E-state index in [1.807, 2.05) is 6.92 Å². The summed E-state index contributed by atoms with van der Waals surface area (Å²) < 4.78 is 0. The molecule has 13 heavy (non-hydrogen) atoms. The summed E-state index contributed by atoms with van der Waals surface area (Å²) in [6.07, 6.45) is 0.987. The minimum atomic E-state index is -0.821. The summed E-state index contributed by atoms with van der Waals surface area (Å²) in [6.45, 7) is 5.38. The van der Waals surface area contributed by atoms with E-state index in [1.165, 1.54) is 4.90 Å². The van der Waals surface area contributed by atoms with Gasteiger partial charge in [0.25, 0.3) is 0 Å². The molecule has 76 valence electrons. The Kier molecular flexibility index (Phi) is 4.11. The van der Waals surface area contributed by atoms with E-state index in [4.69, 9.17) is 0 Å². The van der Waals surface area contributed by atoms with Gasteiger partial charge >= 0.3 is 0 Å². The van der Waals surface area contributed by atoms with Gasteiger partial charge in [0.1, 0.15) is 11.2 Å². The summed E-state index contributed by atoms with van der Waals surface area (Å²) >= 11 is 0. The van der Waals surface area contributed by atoms with Gasteiger partial charge in [-0.1, -0.05) is 13.8 Å². The second kappa shape index (κ2) is 4.40. The van der Waals surface area contributed by atoms with Crippen LogP contribution >= 0.6 is 0 Å². The molecule has 0 aliphatic carbocycles. The fourth-order valence-electron chi connectivity index (χ4n) is 1.35. The van der Waals surface area contributed by atoms with Crippen LogP contribution in [0.15, 0.2) is 0 Å². The van der Waals surface area contributed by atoms with Crippen molar-refractivity contribution in [3.8, 4) is 0 Å². The molecule has 0 aromatic carbocycles. The Morgan fingerprint density at radius 2 is 1.69 bits per heavy atom. The number of nitrogens with zero attached hydrogens (tertiary/aromatic N) is 1. The maximum absolute atomic E-state index is 11.7. The summed E-state index contributed by atoms with van der Waals surface area (Å²) in [5, 5.41) is 0. The van der Waals surface area contributed by atoms with Crippen molar-refractivity contribution in [2.24, 2.45) is 5.41 Å². The van der Waals surface area contributed by atoms with Crippen LogP contribution in [0.1, 0.15) is 33.6 Å². The SMILES string of the molecule is CCC(=O)C(C)(CC)C(=O)N(C)C. The smallest absolute Gasteiger partial charge is 0.235 e. The van der Waals surface area contributed by atoms with Crippen molar-refractivity contribution >= 4 is 11.7 Å². The van der Waals surface area contributed by atoms with Crippen LogP contribution in [0, 0.1) is 5.41 Å². The molecule has 3 heteroatoms. The molecule has 1 amide bonds. The Balaban J connectivity index is 4.83. The number of hydrogen-bond acceptors (Lipinski definition) is 2. The van der Waals surface area contributed by atoms with Crippen LogP contribution in [0.4, 0.5) is 0 Å². The summed E-state index contributed by atoms with van der Waals surface area (Å²) in [5.41, 5.74) is -0.821. The molecule has 0 rings (SSSR count). The van der Waals surface area contributed by atoms with Crippen molar-refractivity contribution in [1.82, 2.24) is 4.90 Å². The molecular formula is C10H19NO2. The van der Waals surface area contributed by atoms with E-state index < -0.39 is 5.41 Å². The summed E-state index contributed by atoms with van der Waals surface area (Å²) in [4.78, 5) is 24.7. The average molecular weight is 185 g/mol. The van der Waals surface area contributed by atoms with Gasteiger partial charge < -0.3 is 4.90 Å². The van der Waals surface area contributed by atoms with Crippen LogP contribution in [0.5, 0.6) is 0 Å².